The SMILES string of the molecule is Cc1cccc2cc(-c3ccc(N)nc3)n(C)c12. The summed E-state index contributed by atoms with van der Waals surface area (Å²) in [4.78, 5) is 4.15. The molecule has 0 aliphatic carbocycles. The van der Waals surface area contributed by atoms with Gasteiger partial charge in [0.1, 0.15) is 5.82 Å². The number of hydrogen-bond acceptors (Lipinski definition) is 2. The molecule has 18 heavy (non-hydrogen) atoms. The van der Waals surface area contributed by atoms with E-state index in [4.69, 9.17) is 5.73 Å². The number of aromatic nitrogens is 2. The zero-order valence-electron chi connectivity index (χ0n) is 10.5. The molecular formula is C15H15N3. The Morgan fingerprint density at radius 3 is 2.67 bits per heavy atom. The summed E-state index contributed by atoms with van der Waals surface area (Å²) in [5.41, 5.74) is 10.4. The molecule has 2 N–H and O–H groups in total. The van der Waals surface area contributed by atoms with Crippen LogP contribution in [0.5, 0.6) is 0 Å². The molecule has 0 amide bonds. The third-order valence-electron chi connectivity index (χ3n) is 3.34. The molecule has 0 fully saturated rings. The number of fused-ring (bicyclic) bond motifs is 1. The third-order valence-corrected chi connectivity index (χ3v) is 3.34. The van der Waals surface area contributed by atoms with Crippen molar-refractivity contribution in [1.82, 2.24) is 9.55 Å². The Kier molecular flexibility index (Phi) is 2.33. The Morgan fingerprint density at radius 2 is 2.00 bits per heavy atom. The fourth-order valence-corrected chi connectivity index (χ4v) is 2.45. The molecule has 0 unspecified atom stereocenters. The molecule has 90 valence electrons. The van der Waals surface area contributed by atoms with Crippen LogP contribution in [-0.4, -0.2) is 9.55 Å². The van der Waals surface area contributed by atoms with Crippen LogP contribution in [0, 0.1) is 6.92 Å². The highest BCUT2D eigenvalue weighted by Gasteiger charge is 2.09. The van der Waals surface area contributed by atoms with Crippen molar-refractivity contribution < 1.29 is 0 Å². The van der Waals surface area contributed by atoms with E-state index >= 15 is 0 Å². The van der Waals surface area contributed by atoms with Gasteiger partial charge in [-0.3, -0.25) is 0 Å². The van der Waals surface area contributed by atoms with E-state index in [1.165, 1.54) is 16.5 Å². The standard InChI is InChI=1S/C15H15N3/c1-10-4-3-5-11-8-13(18(2)15(10)11)12-6-7-14(16)17-9-12/h3-9H,1-2H3,(H2,16,17). The molecular weight excluding hydrogens is 222 g/mol. The summed E-state index contributed by atoms with van der Waals surface area (Å²) >= 11 is 0. The van der Waals surface area contributed by atoms with Gasteiger partial charge in [-0.1, -0.05) is 18.2 Å². The fourth-order valence-electron chi connectivity index (χ4n) is 2.45. The van der Waals surface area contributed by atoms with Crippen LogP contribution < -0.4 is 5.73 Å². The molecule has 3 nitrogen and oxygen atoms in total. The van der Waals surface area contributed by atoms with Crippen molar-refractivity contribution in [3.63, 3.8) is 0 Å². The molecule has 0 radical (unpaired) electrons. The van der Waals surface area contributed by atoms with Gasteiger partial charge in [-0.2, -0.15) is 0 Å². The highest BCUT2D eigenvalue weighted by molar-refractivity contribution is 5.89. The minimum absolute atomic E-state index is 0.550. The van der Waals surface area contributed by atoms with Crippen molar-refractivity contribution >= 4 is 16.7 Å². The molecule has 0 atom stereocenters. The number of hydrogen-bond donors (Lipinski definition) is 1. The highest BCUT2D eigenvalue weighted by atomic mass is 15.0. The van der Waals surface area contributed by atoms with Crippen LogP contribution in [0.15, 0.2) is 42.6 Å². The predicted octanol–water partition coefficient (Wildman–Crippen LogP) is 3.13. The Morgan fingerprint density at radius 1 is 1.17 bits per heavy atom. The van der Waals surface area contributed by atoms with Gasteiger partial charge in [0.15, 0.2) is 0 Å². The fraction of sp³-hybridized carbons (Fsp3) is 0.133. The van der Waals surface area contributed by atoms with Crippen LogP contribution in [0.25, 0.3) is 22.2 Å². The van der Waals surface area contributed by atoms with E-state index in [2.05, 4.69) is 47.8 Å². The van der Waals surface area contributed by atoms with Gasteiger partial charge in [0, 0.05) is 24.2 Å². The van der Waals surface area contributed by atoms with E-state index in [9.17, 15) is 0 Å². The number of nitrogen functional groups attached to an aromatic ring is 1. The van der Waals surface area contributed by atoms with Crippen LogP contribution >= 0.6 is 0 Å². The zero-order valence-corrected chi connectivity index (χ0v) is 10.5. The number of pyridine rings is 1. The largest absolute Gasteiger partial charge is 0.384 e. The number of anilines is 1. The molecule has 0 saturated heterocycles. The van der Waals surface area contributed by atoms with Crippen molar-refractivity contribution in [2.75, 3.05) is 5.73 Å². The van der Waals surface area contributed by atoms with Gasteiger partial charge in [-0.05, 0) is 30.7 Å². The van der Waals surface area contributed by atoms with E-state index in [-0.39, 0.29) is 0 Å². The van der Waals surface area contributed by atoms with Crippen LogP contribution in [0.4, 0.5) is 5.82 Å². The number of aryl methyl sites for hydroxylation is 2. The molecule has 3 aromatic rings. The van der Waals surface area contributed by atoms with Gasteiger partial charge < -0.3 is 10.3 Å². The first-order valence-corrected chi connectivity index (χ1v) is 5.94. The maximum absolute atomic E-state index is 5.62. The summed E-state index contributed by atoms with van der Waals surface area (Å²) in [7, 11) is 2.08. The van der Waals surface area contributed by atoms with E-state index in [0.717, 1.165) is 11.3 Å². The van der Waals surface area contributed by atoms with Crippen molar-refractivity contribution in [2.24, 2.45) is 7.05 Å². The van der Waals surface area contributed by atoms with E-state index in [1.54, 1.807) is 0 Å². The van der Waals surface area contributed by atoms with Crippen LogP contribution in [0.1, 0.15) is 5.56 Å². The first-order chi connectivity index (χ1) is 8.66. The molecule has 2 heterocycles. The Hall–Kier alpha value is -2.29. The number of nitrogens with zero attached hydrogens (tertiary/aromatic N) is 2. The minimum atomic E-state index is 0.550. The van der Waals surface area contributed by atoms with E-state index in [0.29, 0.717) is 5.82 Å². The molecule has 1 aromatic carbocycles. The Labute approximate surface area is 106 Å². The maximum Gasteiger partial charge on any atom is 0.123 e. The summed E-state index contributed by atoms with van der Waals surface area (Å²) in [6.45, 7) is 2.13. The minimum Gasteiger partial charge on any atom is -0.384 e. The predicted molar refractivity (Wildman–Crippen MR) is 75.3 cm³/mol. The second-order valence-corrected chi connectivity index (χ2v) is 4.57. The first-order valence-electron chi connectivity index (χ1n) is 5.94. The second kappa shape index (κ2) is 3.88. The van der Waals surface area contributed by atoms with Crippen molar-refractivity contribution in [3.05, 3.63) is 48.2 Å². The quantitative estimate of drug-likeness (QED) is 0.706. The van der Waals surface area contributed by atoms with Crippen LogP contribution in [0.2, 0.25) is 0 Å². The number of para-hydroxylation sites is 1. The molecule has 3 heteroatoms. The van der Waals surface area contributed by atoms with Crippen molar-refractivity contribution in [1.29, 1.82) is 0 Å². The first kappa shape index (κ1) is 10.8. The second-order valence-electron chi connectivity index (χ2n) is 4.57. The Bertz CT molecular complexity index is 708. The van der Waals surface area contributed by atoms with E-state index < -0.39 is 0 Å². The molecule has 0 aliphatic heterocycles. The van der Waals surface area contributed by atoms with Gasteiger partial charge in [-0.15, -0.1) is 0 Å². The molecule has 0 aliphatic rings. The molecule has 3 rings (SSSR count). The monoisotopic (exact) mass is 237 g/mol. The van der Waals surface area contributed by atoms with Gasteiger partial charge in [-0.25, -0.2) is 4.98 Å². The smallest absolute Gasteiger partial charge is 0.123 e. The summed E-state index contributed by atoms with van der Waals surface area (Å²) in [5, 5.41) is 1.25. The molecule has 0 bridgehead atoms. The molecule has 0 spiro atoms. The zero-order chi connectivity index (χ0) is 12.7. The number of rotatable bonds is 1. The normalized spacial score (nSPS) is 11.0. The molecule has 2 aromatic heterocycles. The summed E-state index contributed by atoms with van der Waals surface area (Å²) in [6, 6.07) is 12.4. The average Bonchev–Trinajstić information content (AvgIpc) is 2.69. The molecule has 0 saturated carbocycles. The van der Waals surface area contributed by atoms with Gasteiger partial charge in [0.2, 0.25) is 0 Å². The van der Waals surface area contributed by atoms with Crippen LogP contribution in [0.3, 0.4) is 0 Å². The van der Waals surface area contributed by atoms with Gasteiger partial charge in [0.25, 0.3) is 0 Å². The summed E-state index contributed by atoms with van der Waals surface area (Å²) in [6.07, 6.45) is 1.82. The third kappa shape index (κ3) is 1.56. The lowest BCUT2D eigenvalue weighted by Gasteiger charge is -2.05. The van der Waals surface area contributed by atoms with Crippen LogP contribution in [-0.2, 0) is 7.05 Å². The van der Waals surface area contributed by atoms with Crippen molar-refractivity contribution in [2.45, 2.75) is 6.92 Å². The lowest BCUT2D eigenvalue weighted by molar-refractivity contribution is 0.972. The summed E-state index contributed by atoms with van der Waals surface area (Å²) in [5.74, 6) is 0.550. The average molecular weight is 237 g/mol. The van der Waals surface area contributed by atoms with Gasteiger partial charge >= 0.3 is 0 Å². The van der Waals surface area contributed by atoms with Gasteiger partial charge in [0.05, 0.1) is 11.2 Å². The summed E-state index contributed by atoms with van der Waals surface area (Å²) < 4.78 is 2.21. The van der Waals surface area contributed by atoms with Crippen molar-refractivity contribution in [3.8, 4) is 11.3 Å². The number of nitrogens with two attached hydrogens (primary N) is 1. The maximum atomic E-state index is 5.62. The Balaban J connectivity index is 2.27. The topological polar surface area (TPSA) is 43.8 Å². The lowest BCUT2D eigenvalue weighted by atomic mass is 10.1. The van der Waals surface area contributed by atoms with E-state index in [1.807, 2.05) is 18.3 Å². The lowest BCUT2D eigenvalue weighted by Crippen LogP contribution is -1.94. The number of benzene rings is 1. The highest BCUT2D eigenvalue weighted by Crippen LogP contribution is 2.28.